The van der Waals surface area contributed by atoms with Crippen LogP contribution in [0.25, 0.3) is 16.6 Å². The third-order valence-corrected chi connectivity index (χ3v) is 6.34. The standard InChI is InChI=1S/C27H27N5O4/c1-35-15-5-8-23(33)31-14-13-18(16-31)22-17-32(25-24(22)27(34)30-29-26(25)28)19-9-11-21(12-10-19)36-20-6-3-2-4-7-20/h2-12,17-18H,13-16H2,1H3,(H2,28,29)(H,30,34). The molecule has 5 rings (SSSR count). The molecule has 184 valence electrons. The molecule has 3 N–H and O–H groups in total. The first kappa shape index (κ1) is 23.4. The Morgan fingerprint density at radius 3 is 2.67 bits per heavy atom. The average Bonchev–Trinajstić information content (AvgIpc) is 3.54. The number of likely N-dealkylation sites (tertiary alicyclic amines) is 1. The number of hydrogen-bond donors (Lipinski definition) is 2. The van der Waals surface area contributed by atoms with E-state index in [4.69, 9.17) is 15.2 Å². The van der Waals surface area contributed by atoms with Gasteiger partial charge >= 0.3 is 0 Å². The van der Waals surface area contributed by atoms with E-state index < -0.39 is 0 Å². The van der Waals surface area contributed by atoms with Crippen molar-refractivity contribution in [1.29, 1.82) is 0 Å². The summed E-state index contributed by atoms with van der Waals surface area (Å²) in [4.78, 5) is 27.2. The number of fused-ring (bicyclic) bond motifs is 1. The molecule has 0 spiro atoms. The maximum Gasteiger partial charge on any atom is 0.274 e. The highest BCUT2D eigenvalue weighted by atomic mass is 16.5. The van der Waals surface area contributed by atoms with Gasteiger partial charge in [0.2, 0.25) is 5.91 Å². The van der Waals surface area contributed by atoms with E-state index in [1.165, 1.54) is 6.08 Å². The molecule has 1 amide bonds. The molecule has 0 aliphatic carbocycles. The number of ether oxygens (including phenoxy) is 2. The number of aromatic nitrogens is 3. The van der Waals surface area contributed by atoms with Crippen LogP contribution in [0.1, 0.15) is 17.9 Å². The van der Waals surface area contributed by atoms with Crippen LogP contribution in [0, 0.1) is 0 Å². The fourth-order valence-corrected chi connectivity index (χ4v) is 4.61. The van der Waals surface area contributed by atoms with E-state index in [2.05, 4.69) is 10.2 Å². The van der Waals surface area contributed by atoms with Crippen molar-refractivity contribution in [2.75, 3.05) is 32.5 Å². The van der Waals surface area contributed by atoms with E-state index in [0.29, 0.717) is 36.3 Å². The van der Waals surface area contributed by atoms with Crippen molar-refractivity contribution in [3.8, 4) is 17.2 Å². The number of carbonyl (C=O) groups excluding carboxylic acids is 1. The van der Waals surface area contributed by atoms with Crippen LogP contribution in [0.2, 0.25) is 0 Å². The van der Waals surface area contributed by atoms with Gasteiger partial charge in [-0.15, -0.1) is 0 Å². The topological polar surface area (TPSA) is 115 Å². The van der Waals surface area contributed by atoms with Crippen LogP contribution >= 0.6 is 0 Å². The Balaban J connectivity index is 1.47. The van der Waals surface area contributed by atoms with Crippen LogP contribution in [-0.4, -0.2) is 52.4 Å². The minimum atomic E-state index is -0.304. The zero-order chi connectivity index (χ0) is 25.1. The molecule has 4 aromatic rings. The molecular formula is C27H27N5O4. The number of benzene rings is 2. The zero-order valence-electron chi connectivity index (χ0n) is 19.9. The lowest BCUT2D eigenvalue weighted by Gasteiger charge is -2.14. The molecule has 3 heterocycles. The molecule has 0 radical (unpaired) electrons. The second kappa shape index (κ2) is 10.1. The predicted octanol–water partition coefficient (Wildman–Crippen LogP) is 3.61. The molecule has 9 nitrogen and oxygen atoms in total. The number of anilines is 1. The van der Waals surface area contributed by atoms with Crippen molar-refractivity contribution in [2.24, 2.45) is 0 Å². The van der Waals surface area contributed by atoms with Gasteiger partial charge in [-0.05, 0) is 48.4 Å². The molecule has 0 saturated carbocycles. The van der Waals surface area contributed by atoms with Crippen molar-refractivity contribution in [2.45, 2.75) is 12.3 Å². The zero-order valence-corrected chi connectivity index (χ0v) is 19.9. The van der Waals surface area contributed by atoms with Crippen molar-refractivity contribution < 1.29 is 14.3 Å². The van der Waals surface area contributed by atoms with Crippen molar-refractivity contribution in [1.82, 2.24) is 19.7 Å². The lowest BCUT2D eigenvalue weighted by molar-refractivity contribution is -0.125. The third kappa shape index (κ3) is 4.60. The van der Waals surface area contributed by atoms with Gasteiger partial charge in [-0.1, -0.05) is 24.3 Å². The quantitative estimate of drug-likeness (QED) is 0.387. The maximum absolute atomic E-state index is 12.9. The number of amides is 1. The summed E-state index contributed by atoms with van der Waals surface area (Å²) >= 11 is 0. The van der Waals surface area contributed by atoms with Gasteiger partial charge < -0.3 is 24.7 Å². The second-order valence-corrected chi connectivity index (χ2v) is 8.65. The first-order chi connectivity index (χ1) is 17.5. The van der Waals surface area contributed by atoms with Crippen LogP contribution in [0.15, 0.2) is 77.7 Å². The second-order valence-electron chi connectivity index (χ2n) is 8.65. The average molecular weight is 486 g/mol. The van der Waals surface area contributed by atoms with Crippen molar-refractivity contribution in [3.05, 3.63) is 88.9 Å². The largest absolute Gasteiger partial charge is 0.457 e. The van der Waals surface area contributed by atoms with Gasteiger partial charge in [0, 0.05) is 44.1 Å². The van der Waals surface area contributed by atoms with Gasteiger partial charge in [-0.3, -0.25) is 9.59 Å². The van der Waals surface area contributed by atoms with E-state index in [0.717, 1.165) is 23.4 Å². The summed E-state index contributed by atoms with van der Waals surface area (Å²) in [6, 6.07) is 17.1. The Hall–Kier alpha value is -4.37. The fourth-order valence-electron chi connectivity index (χ4n) is 4.61. The van der Waals surface area contributed by atoms with Gasteiger partial charge in [0.25, 0.3) is 5.56 Å². The van der Waals surface area contributed by atoms with Crippen molar-refractivity contribution >= 4 is 22.6 Å². The van der Waals surface area contributed by atoms with Gasteiger partial charge in [-0.2, -0.15) is 5.10 Å². The number of para-hydroxylation sites is 1. The molecule has 2 aromatic heterocycles. The Kier molecular flexibility index (Phi) is 6.55. The lowest BCUT2D eigenvalue weighted by Crippen LogP contribution is -2.26. The molecule has 2 aromatic carbocycles. The SMILES string of the molecule is COCC=CC(=O)N1CCC(c2cn(-c3ccc(Oc4ccccc4)cc3)c3c(N)n[nH]c(=O)c23)C1. The molecule has 36 heavy (non-hydrogen) atoms. The first-order valence-electron chi connectivity index (χ1n) is 11.7. The first-order valence-corrected chi connectivity index (χ1v) is 11.7. The highest BCUT2D eigenvalue weighted by molar-refractivity contribution is 5.93. The van der Waals surface area contributed by atoms with E-state index >= 15 is 0 Å². The Bertz CT molecular complexity index is 1460. The molecule has 1 fully saturated rings. The number of carbonyl (C=O) groups is 1. The number of nitrogens with two attached hydrogens (primary N) is 1. The third-order valence-electron chi connectivity index (χ3n) is 6.34. The van der Waals surface area contributed by atoms with E-state index in [1.54, 1.807) is 18.1 Å². The summed E-state index contributed by atoms with van der Waals surface area (Å²) in [7, 11) is 1.58. The summed E-state index contributed by atoms with van der Waals surface area (Å²) in [5, 5.41) is 7.01. The Morgan fingerprint density at radius 2 is 1.92 bits per heavy atom. The molecule has 0 bridgehead atoms. The minimum Gasteiger partial charge on any atom is -0.457 e. The van der Waals surface area contributed by atoms with Crippen LogP contribution in [-0.2, 0) is 9.53 Å². The van der Waals surface area contributed by atoms with E-state index in [-0.39, 0.29) is 23.2 Å². The van der Waals surface area contributed by atoms with E-state index in [9.17, 15) is 9.59 Å². The number of hydrogen-bond acceptors (Lipinski definition) is 6. The number of nitrogens with one attached hydrogen (secondary N) is 1. The highest BCUT2D eigenvalue weighted by Crippen LogP contribution is 2.35. The molecule has 1 aliphatic heterocycles. The molecule has 9 heteroatoms. The summed E-state index contributed by atoms with van der Waals surface area (Å²) in [5.74, 6) is 1.60. The minimum absolute atomic E-state index is 0.00267. The number of nitrogens with zero attached hydrogens (tertiary/aromatic N) is 3. The molecule has 1 saturated heterocycles. The molecular weight excluding hydrogens is 458 g/mol. The Labute approximate surface area is 207 Å². The predicted molar refractivity (Wildman–Crippen MR) is 138 cm³/mol. The fraction of sp³-hybridized carbons (Fsp3) is 0.222. The van der Waals surface area contributed by atoms with Crippen LogP contribution in [0.4, 0.5) is 5.82 Å². The van der Waals surface area contributed by atoms with E-state index in [1.807, 2.05) is 65.4 Å². The number of nitrogen functional groups attached to an aromatic ring is 1. The van der Waals surface area contributed by atoms with Crippen LogP contribution < -0.4 is 16.0 Å². The smallest absolute Gasteiger partial charge is 0.274 e. The van der Waals surface area contributed by atoms with Crippen molar-refractivity contribution in [3.63, 3.8) is 0 Å². The summed E-state index contributed by atoms with van der Waals surface area (Å²) in [6.07, 6.45) is 5.91. The maximum atomic E-state index is 12.9. The van der Waals surface area contributed by atoms with Gasteiger partial charge in [0.15, 0.2) is 5.82 Å². The Morgan fingerprint density at radius 1 is 1.17 bits per heavy atom. The van der Waals surface area contributed by atoms with Gasteiger partial charge in [-0.25, -0.2) is 5.10 Å². The molecule has 1 atom stereocenters. The normalized spacial score (nSPS) is 15.7. The number of rotatable bonds is 7. The van der Waals surface area contributed by atoms with Crippen LogP contribution in [0.3, 0.4) is 0 Å². The number of methoxy groups -OCH3 is 1. The van der Waals surface area contributed by atoms with Gasteiger partial charge in [0.05, 0.1) is 12.0 Å². The highest BCUT2D eigenvalue weighted by Gasteiger charge is 2.30. The number of H-pyrrole nitrogens is 1. The van der Waals surface area contributed by atoms with Crippen LogP contribution in [0.5, 0.6) is 11.5 Å². The lowest BCUT2D eigenvalue weighted by atomic mass is 9.99. The summed E-state index contributed by atoms with van der Waals surface area (Å²) in [5.41, 5.74) is 8.15. The van der Waals surface area contributed by atoms with Gasteiger partial charge in [0.1, 0.15) is 17.0 Å². The number of aromatic amines is 1. The summed E-state index contributed by atoms with van der Waals surface area (Å²) in [6.45, 7) is 1.51. The summed E-state index contributed by atoms with van der Waals surface area (Å²) < 4.78 is 12.8. The molecule has 1 aliphatic rings. The monoisotopic (exact) mass is 485 g/mol. The molecule has 1 unspecified atom stereocenters.